The van der Waals surface area contributed by atoms with E-state index in [1.165, 1.54) is 0 Å². The highest BCUT2D eigenvalue weighted by Gasteiger charge is 2.16. The number of benzene rings is 1. The van der Waals surface area contributed by atoms with Gasteiger partial charge in [-0.1, -0.05) is 11.6 Å². The van der Waals surface area contributed by atoms with Gasteiger partial charge in [0.1, 0.15) is 11.9 Å². The number of carbonyl (C=O) groups is 1. The Hall–Kier alpha value is -1.72. The van der Waals surface area contributed by atoms with Crippen molar-refractivity contribution in [2.24, 2.45) is 0 Å². The van der Waals surface area contributed by atoms with Crippen LogP contribution in [-0.2, 0) is 9.53 Å². The lowest BCUT2D eigenvalue weighted by Crippen LogP contribution is -2.36. The fourth-order valence-corrected chi connectivity index (χ4v) is 2.52. The summed E-state index contributed by atoms with van der Waals surface area (Å²) >= 11 is 5.95. The maximum atomic E-state index is 12.1. The number of ether oxygens (including phenoxy) is 2. The smallest absolute Gasteiger partial charge is 0.238 e. The molecule has 120 valence electrons. The molecule has 0 fully saturated rings. The van der Waals surface area contributed by atoms with E-state index < -0.39 is 0 Å². The van der Waals surface area contributed by atoms with Crippen LogP contribution in [0.1, 0.15) is 12.8 Å². The zero-order chi connectivity index (χ0) is 15.9. The van der Waals surface area contributed by atoms with E-state index >= 15 is 0 Å². The first-order valence-corrected chi connectivity index (χ1v) is 7.58. The second-order valence-electron chi connectivity index (χ2n) is 5.30. The number of hydrogen-bond acceptors (Lipinski definition) is 4. The Labute approximate surface area is 135 Å². The summed E-state index contributed by atoms with van der Waals surface area (Å²) in [5.41, 5.74) is 0.574. The number of rotatable bonds is 6. The number of nitrogens with one attached hydrogen (secondary N) is 1. The quantitative estimate of drug-likeness (QED) is 0.874. The van der Waals surface area contributed by atoms with Crippen LogP contribution in [0.15, 0.2) is 30.5 Å². The largest absolute Gasteiger partial charge is 0.497 e. The molecule has 1 aliphatic rings. The topological polar surface area (TPSA) is 50.8 Å². The number of nitrogens with zero attached hydrogens (tertiary/aromatic N) is 1. The standard InChI is InChI=1S/C16H21ClN2O3/c1-19(10-13-5-3-4-8-22-13)11-16(20)18-14-9-12(17)6-7-15(14)21-2/h4,6-9,13H,3,5,10-11H2,1-2H3,(H,18,20). The van der Waals surface area contributed by atoms with Gasteiger partial charge in [0.05, 0.1) is 25.6 Å². The number of amides is 1. The molecule has 1 amide bonds. The zero-order valence-corrected chi connectivity index (χ0v) is 13.6. The number of halogens is 1. The van der Waals surface area contributed by atoms with E-state index in [0.717, 1.165) is 12.8 Å². The predicted octanol–water partition coefficient (Wildman–Crippen LogP) is 2.91. The molecular weight excluding hydrogens is 304 g/mol. The van der Waals surface area contributed by atoms with Gasteiger partial charge in [-0.05, 0) is 44.2 Å². The molecule has 1 atom stereocenters. The first kappa shape index (κ1) is 16.6. The Bertz CT molecular complexity index is 548. The fourth-order valence-electron chi connectivity index (χ4n) is 2.34. The summed E-state index contributed by atoms with van der Waals surface area (Å²) in [6.07, 6.45) is 5.88. The van der Waals surface area contributed by atoms with Crippen LogP contribution < -0.4 is 10.1 Å². The van der Waals surface area contributed by atoms with Crippen molar-refractivity contribution >= 4 is 23.2 Å². The lowest BCUT2D eigenvalue weighted by atomic mass is 10.1. The average Bonchev–Trinajstić information content (AvgIpc) is 2.48. The number of methoxy groups -OCH3 is 1. The summed E-state index contributed by atoms with van der Waals surface area (Å²) in [5, 5.41) is 3.37. The zero-order valence-electron chi connectivity index (χ0n) is 12.8. The van der Waals surface area contributed by atoms with Crippen molar-refractivity contribution in [3.05, 3.63) is 35.6 Å². The van der Waals surface area contributed by atoms with Crippen LogP contribution in [0.5, 0.6) is 5.75 Å². The molecule has 5 nitrogen and oxygen atoms in total. The molecule has 0 aromatic heterocycles. The van der Waals surface area contributed by atoms with Gasteiger partial charge in [-0.2, -0.15) is 0 Å². The monoisotopic (exact) mass is 324 g/mol. The Morgan fingerprint density at radius 3 is 3.05 bits per heavy atom. The molecule has 1 aromatic carbocycles. The van der Waals surface area contributed by atoms with Gasteiger partial charge >= 0.3 is 0 Å². The number of carbonyl (C=O) groups excluding carboxylic acids is 1. The maximum Gasteiger partial charge on any atom is 0.238 e. The van der Waals surface area contributed by atoms with E-state index in [2.05, 4.69) is 5.32 Å². The van der Waals surface area contributed by atoms with Gasteiger partial charge in [0.2, 0.25) is 5.91 Å². The molecule has 1 aliphatic heterocycles. The summed E-state index contributed by atoms with van der Waals surface area (Å²) in [4.78, 5) is 14.1. The van der Waals surface area contributed by atoms with Crippen molar-refractivity contribution in [3.8, 4) is 5.75 Å². The van der Waals surface area contributed by atoms with E-state index in [4.69, 9.17) is 21.1 Å². The summed E-state index contributed by atoms with van der Waals surface area (Å²) < 4.78 is 10.7. The van der Waals surface area contributed by atoms with Crippen LogP contribution in [0.3, 0.4) is 0 Å². The van der Waals surface area contributed by atoms with E-state index in [1.807, 2.05) is 18.0 Å². The molecular formula is C16H21ClN2O3. The third kappa shape index (κ3) is 4.93. The number of allylic oxidation sites excluding steroid dienone is 1. The van der Waals surface area contributed by atoms with Gasteiger partial charge in [-0.3, -0.25) is 9.69 Å². The van der Waals surface area contributed by atoms with E-state index in [1.54, 1.807) is 31.6 Å². The first-order chi connectivity index (χ1) is 10.6. The Balaban J connectivity index is 1.86. The molecule has 1 unspecified atom stereocenters. The third-order valence-electron chi connectivity index (χ3n) is 3.39. The Morgan fingerprint density at radius 1 is 1.55 bits per heavy atom. The Kier molecular flexibility index (Phi) is 6.10. The molecule has 0 bridgehead atoms. The molecule has 0 spiro atoms. The minimum atomic E-state index is -0.116. The van der Waals surface area contributed by atoms with E-state index in [0.29, 0.717) is 23.0 Å². The van der Waals surface area contributed by atoms with Gasteiger partial charge in [0, 0.05) is 11.6 Å². The van der Waals surface area contributed by atoms with Crippen LogP contribution in [0.4, 0.5) is 5.69 Å². The van der Waals surface area contributed by atoms with Crippen molar-refractivity contribution < 1.29 is 14.3 Å². The van der Waals surface area contributed by atoms with E-state index in [-0.39, 0.29) is 18.6 Å². The summed E-state index contributed by atoms with van der Waals surface area (Å²) in [6.45, 7) is 0.990. The highest BCUT2D eigenvalue weighted by atomic mass is 35.5. The van der Waals surface area contributed by atoms with Crippen molar-refractivity contribution in [1.29, 1.82) is 0 Å². The van der Waals surface area contributed by atoms with Gasteiger partial charge in [0.25, 0.3) is 0 Å². The summed E-state index contributed by atoms with van der Waals surface area (Å²) in [5.74, 6) is 0.468. The molecule has 1 aromatic rings. The fraction of sp³-hybridized carbons (Fsp3) is 0.438. The highest BCUT2D eigenvalue weighted by molar-refractivity contribution is 6.31. The molecule has 0 aliphatic carbocycles. The number of likely N-dealkylation sites (N-methyl/N-ethyl adjacent to an activating group) is 1. The SMILES string of the molecule is COc1ccc(Cl)cc1NC(=O)CN(C)CC1CCC=CO1. The van der Waals surface area contributed by atoms with Gasteiger partial charge < -0.3 is 14.8 Å². The first-order valence-electron chi connectivity index (χ1n) is 7.21. The van der Waals surface area contributed by atoms with Crippen LogP contribution in [0, 0.1) is 0 Å². The molecule has 2 rings (SSSR count). The lowest BCUT2D eigenvalue weighted by Gasteiger charge is -2.25. The van der Waals surface area contributed by atoms with Crippen LogP contribution in [0.2, 0.25) is 5.02 Å². The van der Waals surface area contributed by atoms with Gasteiger partial charge in [0.15, 0.2) is 0 Å². The van der Waals surface area contributed by atoms with Crippen molar-refractivity contribution in [2.75, 3.05) is 32.6 Å². The average molecular weight is 325 g/mol. The molecule has 0 radical (unpaired) electrons. The maximum absolute atomic E-state index is 12.1. The van der Waals surface area contributed by atoms with Gasteiger partial charge in [-0.15, -0.1) is 0 Å². The second-order valence-corrected chi connectivity index (χ2v) is 5.73. The normalized spacial score (nSPS) is 17.2. The second kappa shape index (κ2) is 8.06. The molecule has 1 heterocycles. The van der Waals surface area contributed by atoms with Crippen molar-refractivity contribution in [1.82, 2.24) is 4.90 Å². The number of anilines is 1. The summed E-state index contributed by atoms with van der Waals surface area (Å²) in [6, 6.07) is 5.12. The lowest BCUT2D eigenvalue weighted by molar-refractivity contribution is -0.117. The van der Waals surface area contributed by atoms with Crippen molar-refractivity contribution in [3.63, 3.8) is 0 Å². The van der Waals surface area contributed by atoms with E-state index in [9.17, 15) is 4.79 Å². The molecule has 6 heteroatoms. The van der Waals surface area contributed by atoms with Crippen LogP contribution in [-0.4, -0.2) is 44.2 Å². The molecule has 1 N–H and O–H groups in total. The summed E-state index contributed by atoms with van der Waals surface area (Å²) in [7, 11) is 3.45. The van der Waals surface area contributed by atoms with Crippen LogP contribution >= 0.6 is 11.6 Å². The minimum Gasteiger partial charge on any atom is -0.497 e. The Morgan fingerprint density at radius 2 is 2.36 bits per heavy atom. The minimum absolute atomic E-state index is 0.116. The molecule has 0 saturated carbocycles. The molecule has 22 heavy (non-hydrogen) atoms. The number of hydrogen-bond donors (Lipinski definition) is 1. The molecule has 0 saturated heterocycles. The van der Waals surface area contributed by atoms with Crippen LogP contribution in [0.25, 0.3) is 0 Å². The van der Waals surface area contributed by atoms with Crippen molar-refractivity contribution in [2.45, 2.75) is 18.9 Å². The predicted molar refractivity (Wildman–Crippen MR) is 87.4 cm³/mol. The highest BCUT2D eigenvalue weighted by Crippen LogP contribution is 2.27. The third-order valence-corrected chi connectivity index (χ3v) is 3.62. The van der Waals surface area contributed by atoms with Gasteiger partial charge in [-0.25, -0.2) is 0 Å².